The van der Waals surface area contributed by atoms with Crippen molar-refractivity contribution >= 4 is 52.7 Å². The predicted molar refractivity (Wildman–Crippen MR) is 115 cm³/mol. The zero-order valence-electron chi connectivity index (χ0n) is 15.0. The number of carbonyl (C=O) groups excluding carboxylic acids is 1. The summed E-state index contributed by atoms with van der Waals surface area (Å²) in [5.74, 6) is 1.46. The van der Waals surface area contributed by atoms with Crippen molar-refractivity contribution in [2.45, 2.75) is 12.1 Å². The Morgan fingerprint density at radius 2 is 2.00 bits per heavy atom. The Morgan fingerprint density at radius 1 is 1.25 bits per heavy atom. The molecule has 1 aromatic carbocycles. The lowest BCUT2D eigenvalue weighted by molar-refractivity contribution is -0.115. The van der Waals surface area contributed by atoms with Crippen molar-refractivity contribution < 1.29 is 9.21 Å². The molecule has 3 rings (SSSR count). The van der Waals surface area contributed by atoms with Crippen LogP contribution >= 0.6 is 35.6 Å². The zero-order valence-corrected chi connectivity index (χ0v) is 17.4. The number of aromatic nitrogens is 3. The Labute approximate surface area is 176 Å². The average molecular weight is 434 g/mol. The predicted octanol–water partition coefficient (Wildman–Crippen LogP) is 3.88. The summed E-state index contributed by atoms with van der Waals surface area (Å²) in [5.41, 5.74) is 3.77. The van der Waals surface area contributed by atoms with Crippen LogP contribution in [0, 0.1) is 6.92 Å². The van der Waals surface area contributed by atoms with Crippen LogP contribution in [0.2, 0.25) is 5.02 Å². The fourth-order valence-electron chi connectivity index (χ4n) is 2.26. The van der Waals surface area contributed by atoms with Crippen molar-refractivity contribution in [1.82, 2.24) is 20.2 Å². The van der Waals surface area contributed by atoms with Gasteiger partial charge in [0.1, 0.15) is 17.3 Å². The summed E-state index contributed by atoms with van der Waals surface area (Å²) in [5, 5.41) is 11.9. The van der Waals surface area contributed by atoms with Gasteiger partial charge in [-0.1, -0.05) is 23.4 Å². The van der Waals surface area contributed by atoms with Crippen LogP contribution in [0.15, 0.2) is 52.0 Å². The third kappa shape index (κ3) is 5.00. The molecule has 0 aliphatic heterocycles. The molecule has 0 aliphatic carbocycles. The Hall–Kier alpha value is -2.62. The minimum Gasteiger partial charge on any atom is -0.457 e. The minimum absolute atomic E-state index is 0.133. The first-order valence-corrected chi connectivity index (χ1v) is 10.1. The van der Waals surface area contributed by atoms with E-state index in [9.17, 15) is 4.79 Å². The third-order valence-corrected chi connectivity index (χ3v) is 4.66. The molecule has 144 valence electrons. The molecule has 28 heavy (non-hydrogen) atoms. The molecular weight excluding hydrogens is 418 g/mol. The van der Waals surface area contributed by atoms with Crippen molar-refractivity contribution in [3.8, 4) is 11.3 Å². The lowest BCUT2D eigenvalue weighted by Crippen LogP contribution is -2.37. The molecule has 10 heteroatoms. The normalized spacial score (nSPS) is 11.0. The highest BCUT2D eigenvalue weighted by Crippen LogP contribution is 2.24. The molecule has 2 N–H and O–H groups in total. The first-order chi connectivity index (χ1) is 13.5. The summed E-state index contributed by atoms with van der Waals surface area (Å²) in [6.07, 6.45) is 4.77. The molecule has 1 amide bonds. The van der Waals surface area contributed by atoms with Gasteiger partial charge >= 0.3 is 0 Å². The second-order valence-electron chi connectivity index (χ2n) is 5.54. The van der Waals surface area contributed by atoms with Crippen molar-refractivity contribution in [3.63, 3.8) is 0 Å². The number of halogens is 1. The molecule has 0 unspecified atom stereocenters. The van der Waals surface area contributed by atoms with Gasteiger partial charge in [0.05, 0.1) is 0 Å². The van der Waals surface area contributed by atoms with Crippen molar-refractivity contribution in [1.29, 1.82) is 0 Å². The number of hydrogen-bond donors (Lipinski definition) is 2. The van der Waals surface area contributed by atoms with E-state index in [-0.39, 0.29) is 5.11 Å². The Bertz CT molecular complexity index is 1030. The van der Waals surface area contributed by atoms with Crippen LogP contribution in [0.3, 0.4) is 0 Å². The van der Waals surface area contributed by atoms with Crippen LogP contribution in [-0.2, 0) is 4.79 Å². The Morgan fingerprint density at radius 3 is 2.71 bits per heavy atom. The number of thiocarbonyl (C=S) groups is 1. The molecule has 0 bridgehead atoms. The van der Waals surface area contributed by atoms with Gasteiger partial charge in [-0.3, -0.25) is 15.5 Å². The molecular formula is C18H16ClN5O2S2. The molecule has 2 aromatic heterocycles. The van der Waals surface area contributed by atoms with Gasteiger partial charge in [-0.05, 0) is 67.9 Å². The van der Waals surface area contributed by atoms with Gasteiger partial charge in [-0.25, -0.2) is 4.68 Å². The zero-order chi connectivity index (χ0) is 20.1. The van der Waals surface area contributed by atoms with E-state index in [1.54, 1.807) is 35.9 Å². The first kappa shape index (κ1) is 20.1. The number of benzene rings is 1. The summed E-state index contributed by atoms with van der Waals surface area (Å²) in [6, 6.07) is 10.9. The van der Waals surface area contributed by atoms with Crippen LogP contribution in [0.4, 0.5) is 0 Å². The van der Waals surface area contributed by atoms with E-state index in [1.165, 1.54) is 17.8 Å². The number of rotatable bonds is 5. The van der Waals surface area contributed by atoms with Crippen LogP contribution in [-0.4, -0.2) is 32.1 Å². The maximum Gasteiger partial charge on any atom is 0.250 e. The molecule has 0 saturated heterocycles. The van der Waals surface area contributed by atoms with Crippen molar-refractivity contribution in [3.05, 3.63) is 59.1 Å². The second kappa shape index (κ2) is 9.05. The summed E-state index contributed by atoms with van der Waals surface area (Å²) in [7, 11) is 0. The third-order valence-electron chi connectivity index (χ3n) is 3.58. The van der Waals surface area contributed by atoms with Gasteiger partial charge in [0.15, 0.2) is 5.11 Å². The lowest BCUT2D eigenvalue weighted by atomic mass is 10.2. The SMILES string of the molecule is CSc1nnc(C)n1NC(=S)NC(=O)C=Cc1ccc(-c2ccc(Cl)cc2)o1. The number of nitrogens with zero attached hydrogens (tertiary/aromatic N) is 3. The van der Waals surface area contributed by atoms with Gasteiger partial charge in [-0.15, -0.1) is 10.2 Å². The van der Waals surface area contributed by atoms with Gasteiger partial charge in [0.25, 0.3) is 0 Å². The van der Waals surface area contributed by atoms with Crippen LogP contribution in [0.1, 0.15) is 11.6 Å². The molecule has 0 spiro atoms. The standard InChI is InChI=1S/C18H16ClN5O2S2/c1-11-21-22-18(28-2)24(11)23-17(27)20-16(25)10-8-14-7-9-15(26-14)12-3-5-13(19)6-4-12/h3-10H,1-2H3,(H2,20,23,25,27). The fraction of sp³-hybridized carbons (Fsp3) is 0.111. The van der Waals surface area contributed by atoms with Gasteiger partial charge in [0, 0.05) is 16.7 Å². The summed E-state index contributed by atoms with van der Waals surface area (Å²) >= 11 is 12.5. The number of carbonyl (C=O) groups is 1. The minimum atomic E-state index is -0.390. The van der Waals surface area contributed by atoms with Gasteiger partial charge in [0.2, 0.25) is 11.1 Å². The molecule has 0 radical (unpaired) electrons. The molecule has 0 saturated carbocycles. The number of furan rings is 1. The second-order valence-corrected chi connectivity index (χ2v) is 7.16. The molecule has 0 atom stereocenters. The summed E-state index contributed by atoms with van der Waals surface area (Å²) < 4.78 is 7.31. The maximum atomic E-state index is 12.1. The monoisotopic (exact) mass is 433 g/mol. The molecule has 3 aromatic rings. The van der Waals surface area contributed by atoms with Crippen molar-refractivity contribution in [2.75, 3.05) is 11.7 Å². The number of nitrogens with one attached hydrogen (secondary N) is 2. The molecule has 0 fully saturated rings. The Balaban J connectivity index is 1.58. The van der Waals surface area contributed by atoms with E-state index >= 15 is 0 Å². The maximum absolute atomic E-state index is 12.1. The van der Waals surface area contributed by atoms with E-state index < -0.39 is 5.91 Å². The largest absolute Gasteiger partial charge is 0.457 e. The lowest BCUT2D eigenvalue weighted by Gasteiger charge is -2.11. The fourth-order valence-corrected chi connectivity index (χ4v) is 3.06. The number of thioether (sulfide) groups is 1. The smallest absolute Gasteiger partial charge is 0.250 e. The molecule has 0 aliphatic rings. The topological polar surface area (TPSA) is 85.0 Å². The first-order valence-electron chi connectivity index (χ1n) is 8.08. The number of hydrogen-bond acceptors (Lipinski definition) is 6. The number of aryl methyl sites for hydroxylation is 1. The van der Waals surface area contributed by atoms with E-state index in [0.717, 1.165) is 5.56 Å². The van der Waals surface area contributed by atoms with Crippen LogP contribution in [0.25, 0.3) is 17.4 Å². The number of amides is 1. The van der Waals surface area contributed by atoms with E-state index in [0.29, 0.717) is 27.5 Å². The van der Waals surface area contributed by atoms with Crippen LogP contribution in [0.5, 0.6) is 0 Å². The molecule has 7 nitrogen and oxygen atoms in total. The highest BCUT2D eigenvalue weighted by Gasteiger charge is 2.10. The highest BCUT2D eigenvalue weighted by molar-refractivity contribution is 7.98. The highest BCUT2D eigenvalue weighted by atomic mass is 35.5. The quantitative estimate of drug-likeness (QED) is 0.358. The van der Waals surface area contributed by atoms with E-state index in [4.69, 9.17) is 28.2 Å². The average Bonchev–Trinajstić information content (AvgIpc) is 3.28. The van der Waals surface area contributed by atoms with Crippen LogP contribution < -0.4 is 10.7 Å². The molecule has 2 heterocycles. The van der Waals surface area contributed by atoms with E-state index in [1.807, 2.05) is 24.5 Å². The Kier molecular flexibility index (Phi) is 6.50. The van der Waals surface area contributed by atoms with Crippen molar-refractivity contribution in [2.24, 2.45) is 0 Å². The summed E-state index contributed by atoms with van der Waals surface area (Å²) in [4.78, 5) is 12.1. The summed E-state index contributed by atoms with van der Waals surface area (Å²) in [6.45, 7) is 1.78. The van der Waals surface area contributed by atoms with E-state index in [2.05, 4.69) is 20.9 Å². The van der Waals surface area contributed by atoms with Gasteiger partial charge < -0.3 is 4.42 Å². The van der Waals surface area contributed by atoms with Gasteiger partial charge in [-0.2, -0.15) is 0 Å².